The van der Waals surface area contributed by atoms with Gasteiger partial charge in [-0.15, -0.1) is 0 Å². The number of rotatable bonds is 6. The minimum absolute atomic E-state index is 0.00209. The second-order valence-corrected chi connectivity index (χ2v) is 6.06. The van der Waals surface area contributed by atoms with Crippen molar-refractivity contribution in [2.75, 3.05) is 40.4 Å². The van der Waals surface area contributed by atoms with E-state index in [1.807, 2.05) is 0 Å². The van der Waals surface area contributed by atoms with Crippen LogP contribution >= 0.6 is 0 Å². The topological polar surface area (TPSA) is 87.2 Å². The zero-order valence-corrected chi connectivity index (χ0v) is 10.8. The molecule has 1 heterocycles. The zero-order valence-electron chi connectivity index (χ0n) is 10.00. The standard InChI is InChI=1S/C9H18N2O5S/c1-10(4-3-9(13)16-2)17(14,15)11-5-8(6-11)7-12/h8,12H,3-7H2,1-2H3. The summed E-state index contributed by atoms with van der Waals surface area (Å²) in [6, 6.07) is 0. The first-order chi connectivity index (χ1) is 7.91. The number of methoxy groups -OCH3 is 1. The molecule has 0 aliphatic carbocycles. The molecule has 1 aliphatic rings. The van der Waals surface area contributed by atoms with Crippen molar-refractivity contribution < 1.29 is 23.1 Å². The van der Waals surface area contributed by atoms with E-state index in [-0.39, 0.29) is 25.5 Å². The van der Waals surface area contributed by atoms with Crippen LogP contribution in [0.15, 0.2) is 0 Å². The van der Waals surface area contributed by atoms with Crippen molar-refractivity contribution in [3.8, 4) is 0 Å². The van der Waals surface area contributed by atoms with E-state index in [1.165, 1.54) is 18.5 Å². The van der Waals surface area contributed by atoms with Crippen LogP contribution in [-0.4, -0.2) is 68.5 Å². The Labute approximate surface area is 101 Å². The van der Waals surface area contributed by atoms with Crippen LogP contribution < -0.4 is 0 Å². The highest BCUT2D eigenvalue weighted by atomic mass is 32.2. The van der Waals surface area contributed by atoms with Gasteiger partial charge in [0.25, 0.3) is 10.2 Å². The zero-order chi connectivity index (χ0) is 13.1. The molecule has 7 nitrogen and oxygen atoms in total. The molecule has 8 heteroatoms. The summed E-state index contributed by atoms with van der Waals surface area (Å²) in [7, 11) is -0.818. The maximum absolute atomic E-state index is 11.9. The number of nitrogens with zero attached hydrogens (tertiary/aromatic N) is 2. The fourth-order valence-electron chi connectivity index (χ4n) is 1.49. The molecule has 0 aromatic carbocycles. The van der Waals surface area contributed by atoms with E-state index in [9.17, 15) is 13.2 Å². The first kappa shape index (κ1) is 14.4. The summed E-state index contributed by atoms with van der Waals surface area (Å²) in [6.45, 7) is 0.760. The van der Waals surface area contributed by atoms with Crippen LogP contribution in [0.1, 0.15) is 6.42 Å². The summed E-state index contributed by atoms with van der Waals surface area (Å²) in [5.74, 6) is -0.414. The van der Waals surface area contributed by atoms with Crippen molar-refractivity contribution in [2.45, 2.75) is 6.42 Å². The lowest BCUT2D eigenvalue weighted by molar-refractivity contribution is -0.140. The normalized spacial score (nSPS) is 18.1. The Morgan fingerprint density at radius 2 is 2.12 bits per heavy atom. The van der Waals surface area contributed by atoms with Gasteiger partial charge >= 0.3 is 5.97 Å². The maximum Gasteiger partial charge on any atom is 0.306 e. The molecule has 17 heavy (non-hydrogen) atoms. The van der Waals surface area contributed by atoms with Crippen molar-refractivity contribution in [3.05, 3.63) is 0 Å². The number of carbonyl (C=O) groups is 1. The fourth-order valence-corrected chi connectivity index (χ4v) is 3.00. The van der Waals surface area contributed by atoms with Crippen LogP contribution in [0.4, 0.5) is 0 Å². The highest BCUT2D eigenvalue weighted by molar-refractivity contribution is 7.86. The number of aliphatic hydroxyl groups excluding tert-OH is 1. The Morgan fingerprint density at radius 3 is 2.59 bits per heavy atom. The van der Waals surface area contributed by atoms with Crippen LogP contribution in [-0.2, 0) is 19.7 Å². The molecule has 0 bridgehead atoms. The molecule has 0 unspecified atom stereocenters. The molecule has 0 spiro atoms. The van der Waals surface area contributed by atoms with Gasteiger partial charge < -0.3 is 9.84 Å². The molecule has 1 saturated heterocycles. The molecule has 100 valence electrons. The Bertz CT molecular complexity index is 364. The van der Waals surface area contributed by atoms with Gasteiger partial charge in [-0.2, -0.15) is 17.0 Å². The highest BCUT2D eigenvalue weighted by Crippen LogP contribution is 2.20. The summed E-state index contributed by atoms with van der Waals surface area (Å²) in [5, 5.41) is 8.82. The van der Waals surface area contributed by atoms with Gasteiger partial charge in [0.2, 0.25) is 0 Å². The highest BCUT2D eigenvalue weighted by Gasteiger charge is 2.37. The van der Waals surface area contributed by atoms with Gasteiger partial charge in [-0.05, 0) is 0 Å². The van der Waals surface area contributed by atoms with Crippen molar-refractivity contribution in [1.29, 1.82) is 0 Å². The molecule has 0 amide bonds. The Morgan fingerprint density at radius 1 is 1.53 bits per heavy atom. The predicted molar refractivity (Wildman–Crippen MR) is 60.3 cm³/mol. The summed E-state index contributed by atoms with van der Waals surface area (Å²) < 4.78 is 30.6. The average molecular weight is 266 g/mol. The number of hydrogen-bond donors (Lipinski definition) is 1. The smallest absolute Gasteiger partial charge is 0.306 e. The van der Waals surface area contributed by atoms with Crippen LogP contribution in [0.3, 0.4) is 0 Å². The van der Waals surface area contributed by atoms with Crippen LogP contribution in [0, 0.1) is 5.92 Å². The van der Waals surface area contributed by atoms with Crippen LogP contribution in [0.25, 0.3) is 0 Å². The monoisotopic (exact) mass is 266 g/mol. The van der Waals surface area contributed by atoms with E-state index in [0.717, 1.165) is 4.31 Å². The number of ether oxygens (including phenoxy) is 1. The van der Waals surface area contributed by atoms with Crippen molar-refractivity contribution in [2.24, 2.45) is 5.92 Å². The van der Waals surface area contributed by atoms with Gasteiger partial charge in [0.1, 0.15) is 0 Å². The van der Waals surface area contributed by atoms with Crippen molar-refractivity contribution in [3.63, 3.8) is 0 Å². The number of aliphatic hydroxyl groups is 1. The van der Waals surface area contributed by atoms with Crippen molar-refractivity contribution >= 4 is 16.2 Å². The number of esters is 1. The lowest BCUT2D eigenvalue weighted by Gasteiger charge is -2.39. The largest absolute Gasteiger partial charge is 0.469 e. The molecular formula is C9H18N2O5S. The van der Waals surface area contributed by atoms with E-state index in [1.54, 1.807) is 0 Å². The van der Waals surface area contributed by atoms with E-state index in [0.29, 0.717) is 13.1 Å². The Kier molecular flexibility index (Phi) is 4.87. The predicted octanol–water partition coefficient (Wildman–Crippen LogP) is -1.35. The molecule has 0 saturated carbocycles. The third kappa shape index (κ3) is 3.38. The molecule has 0 aromatic rings. The van der Waals surface area contributed by atoms with Crippen molar-refractivity contribution in [1.82, 2.24) is 8.61 Å². The molecule has 1 rings (SSSR count). The lowest BCUT2D eigenvalue weighted by Crippen LogP contribution is -2.55. The summed E-state index contributed by atoms with van der Waals surface area (Å²) in [5.41, 5.74) is 0. The molecule has 1 aliphatic heterocycles. The minimum atomic E-state index is -3.50. The van der Waals surface area contributed by atoms with Gasteiger partial charge in [0.05, 0.1) is 13.5 Å². The Balaban J connectivity index is 2.45. The van der Waals surface area contributed by atoms with E-state index >= 15 is 0 Å². The fraction of sp³-hybridized carbons (Fsp3) is 0.889. The van der Waals surface area contributed by atoms with Gasteiger partial charge in [-0.3, -0.25) is 4.79 Å². The molecule has 1 N–H and O–H groups in total. The summed E-state index contributed by atoms with van der Waals surface area (Å²) in [6.07, 6.45) is 0.0312. The second-order valence-electron chi connectivity index (χ2n) is 4.02. The molecule has 0 radical (unpaired) electrons. The second kappa shape index (κ2) is 5.76. The average Bonchev–Trinajstić information content (AvgIpc) is 2.23. The number of carbonyl (C=O) groups excluding carboxylic acids is 1. The minimum Gasteiger partial charge on any atom is -0.469 e. The quantitative estimate of drug-likeness (QED) is 0.601. The van der Waals surface area contributed by atoms with Gasteiger partial charge in [-0.25, -0.2) is 0 Å². The number of hydrogen-bond acceptors (Lipinski definition) is 5. The van der Waals surface area contributed by atoms with Gasteiger partial charge in [-0.1, -0.05) is 0 Å². The molecule has 0 aromatic heterocycles. The van der Waals surface area contributed by atoms with E-state index in [4.69, 9.17) is 5.11 Å². The van der Waals surface area contributed by atoms with E-state index in [2.05, 4.69) is 4.74 Å². The lowest BCUT2D eigenvalue weighted by atomic mass is 10.1. The SMILES string of the molecule is COC(=O)CCN(C)S(=O)(=O)N1CC(CO)C1. The summed E-state index contributed by atoms with van der Waals surface area (Å²) in [4.78, 5) is 10.9. The first-order valence-electron chi connectivity index (χ1n) is 5.31. The third-order valence-electron chi connectivity index (χ3n) is 2.76. The van der Waals surface area contributed by atoms with Crippen LogP contribution in [0.2, 0.25) is 0 Å². The third-order valence-corrected chi connectivity index (χ3v) is 4.68. The molecule has 1 fully saturated rings. The van der Waals surface area contributed by atoms with Gasteiger partial charge in [0, 0.05) is 39.2 Å². The van der Waals surface area contributed by atoms with Crippen LogP contribution in [0.5, 0.6) is 0 Å². The molecular weight excluding hydrogens is 248 g/mol. The molecule has 0 atom stereocenters. The summed E-state index contributed by atoms with van der Waals surface area (Å²) >= 11 is 0. The Hall–Kier alpha value is -0.700. The maximum atomic E-state index is 11.9. The van der Waals surface area contributed by atoms with E-state index < -0.39 is 16.2 Å². The first-order valence-corrected chi connectivity index (χ1v) is 6.70. The van der Waals surface area contributed by atoms with Gasteiger partial charge in [0.15, 0.2) is 0 Å².